The molecule has 0 aliphatic carbocycles. The van der Waals surface area contributed by atoms with Gasteiger partial charge in [0.05, 0.1) is 6.42 Å². The van der Waals surface area contributed by atoms with Crippen molar-refractivity contribution in [1.29, 1.82) is 0 Å². The van der Waals surface area contributed by atoms with Crippen molar-refractivity contribution < 1.29 is 43.2 Å². The van der Waals surface area contributed by atoms with E-state index in [2.05, 4.69) is 52.5 Å². The first-order chi connectivity index (χ1) is 31.9. The first-order valence-electron chi connectivity index (χ1n) is 21.9. The minimum atomic E-state index is -1.61. The molecule has 0 radical (unpaired) electrons. The summed E-state index contributed by atoms with van der Waals surface area (Å²) >= 11 is 0. The molecule has 1 fully saturated rings. The van der Waals surface area contributed by atoms with Crippen molar-refractivity contribution in [3.8, 4) is 0 Å². The van der Waals surface area contributed by atoms with E-state index < -0.39 is 108 Å². The Bertz CT molecular complexity index is 2270. The first-order valence-corrected chi connectivity index (χ1v) is 21.9. The van der Waals surface area contributed by atoms with Gasteiger partial charge >= 0.3 is 0 Å². The molecule has 1 aliphatic heterocycles. The quantitative estimate of drug-likeness (QED) is 0.0453. The van der Waals surface area contributed by atoms with Gasteiger partial charge in [-0.05, 0) is 56.2 Å². The van der Waals surface area contributed by atoms with Crippen LogP contribution < -0.4 is 65.5 Å². The van der Waals surface area contributed by atoms with E-state index in [9.17, 15) is 43.2 Å². The van der Waals surface area contributed by atoms with Crippen LogP contribution >= 0.6 is 0 Å². The van der Waals surface area contributed by atoms with Crippen LogP contribution in [0.4, 0.5) is 0 Å². The van der Waals surface area contributed by atoms with Crippen molar-refractivity contribution >= 4 is 70.0 Å². The molecule has 67 heavy (non-hydrogen) atoms. The van der Waals surface area contributed by atoms with Gasteiger partial charge in [-0.15, -0.1) is 0 Å². The Morgan fingerprint density at radius 2 is 1.42 bits per heavy atom. The molecule has 0 spiro atoms. The van der Waals surface area contributed by atoms with Crippen LogP contribution in [0.1, 0.15) is 63.5 Å². The highest BCUT2D eigenvalue weighted by Crippen LogP contribution is 2.20. The Hall–Kier alpha value is -7.56. The van der Waals surface area contributed by atoms with Crippen LogP contribution in [0.25, 0.3) is 10.9 Å². The van der Waals surface area contributed by atoms with E-state index >= 15 is 0 Å². The van der Waals surface area contributed by atoms with Gasteiger partial charge in [-0.3, -0.25) is 48.1 Å². The fourth-order valence-corrected chi connectivity index (χ4v) is 7.26. The molecule has 362 valence electrons. The number of fused-ring (bicyclic) bond motifs is 1. The third-order valence-corrected chi connectivity index (χ3v) is 10.8. The first kappa shape index (κ1) is 52.1. The SMILES string of the molecule is CC(=O)N[C@@H](CCCN=C(N)N)C(=O)NC1CC(=O)NCCCCC(C(N)=O)NC(=O)[C@H](Cc2c[nH]c3ccccc23)NC(=O)C(C)NC(=O)C(Cc2ccccc2)NC(=O)C(CN)NC1=O. The van der Waals surface area contributed by atoms with Gasteiger partial charge in [0.1, 0.15) is 42.3 Å². The number of rotatable bonds is 13. The van der Waals surface area contributed by atoms with Crippen LogP contribution in [0, 0.1) is 0 Å². The van der Waals surface area contributed by atoms with E-state index in [-0.39, 0.29) is 64.0 Å². The third-order valence-electron chi connectivity index (χ3n) is 10.8. The number of hydrogen-bond acceptors (Lipinski definition) is 11. The van der Waals surface area contributed by atoms with Crippen molar-refractivity contribution in [1.82, 2.24) is 47.5 Å². The Morgan fingerprint density at radius 1 is 0.776 bits per heavy atom. The molecule has 2 heterocycles. The summed E-state index contributed by atoms with van der Waals surface area (Å²) in [6.07, 6.45) is 1.86. The van der Waals surface area contributed by atoms with Crippen molar-refractivity contribution in [3.63, 3.8) is 0 Å². The van der Waals surface area contributed by atoms with E-state index in [1.54, 1.807) is 36.5 Å². The molecule has 1 aromatic heterocycles. The lowest BCUT2D eigenvalue weighted by atomic mass is 10.0. The summed E-state index contributed by atoms with van der Waals surface area (Å²) in [4.78, 5) is 128. The number of aromatic nitrogens is 1. The number of nitrogens with one attached hydrogen (secondary N) is 9. The van der Waals surface area contributed by atoms with Crippen molar-refractivity contribution in [2.75, 3.05) is 19.6 Å². The summed E-state index contributed by atoms with van der Waals surface area (Å²) < 4.78 is 0. The molecular formula is C44H62N14O9. The lowest BCUT2D eigenvalue weighted by Gasteiger charge is -2.27. The monoisotopic (exact) mass is 930 g/mol. The summed E-state index contributed by atoms with van der Waals surface area (Å²) in [5, 5.41) is 21.5. The number of aliphatic imine (C=N–C) groups is 1. The number of para-hydroxylation sites is 1. The number of hydrogen-bond donors (Lipinski definition) is 13. The lowest BCUT2D eigenvalue weighted by molar-refractivity contribution is -0.136. The second kappa shape index (κ2) is 25.8. The zero-order chi connectivity index (χ0) is 49.0. The largest absolute Gasteiger partial charge is 0.370 e. The maximum absolute atomic E-state index is 14.0. The summed E-state index contributed by atoms with van der Waals surface area (Å²) in [5.41, 5.74) is 24.6. The van der Waals surface area contributed by atoms with Gasteiger partial charge in [-0.25, -0.2) is 0 Å². The maximum atomic E-state index is 14.0. The fourth-order valence-electron chi connectivity index (χ4n) is 7.26. The van der Waals surface area contributed by atoms with Gasteiger partial charge in [-0.1, -0.05) is 48.5 Å². The molecular weight excluding hydrogens is 869 g/mol. The van der Waals surface area contributed by atoms with Gasteiger partial charge in [0.25, 0.3) is 0 Å². The highest BCUT2D eigenvalue weighted by atomic mass is 16.2. The minimum absolute atomic E-state index is 0.0204. The number of benzene rings is 2. The van der Waals surface area contributed by atoms with E-state index in [0.29, 0.717) is 11.1 Å². The Kier molecular flexibility index (Phi) is 20.1. The minimum Gasteiger partial charge on any atom is -0.370 e. The lowest BCUT2D eigenvalue weighted by Crippen LogP contribution is -2.61. The average molecular weight is 931 g/mol. The molecule has 4 rings (SSSR count). The molecule has 17 N–H and O–H groups in total. The third kappa shape index (κ3) is 16.7. The number of primary amides is 1. The van der Waals surface area contributed by atoms with Gasteiger partial charge in [0, 0.05) is 56.5 Å². The van der Waals surface area contributed by atoms with E-state index in [1.165, 1.54) is 13.8 Å². The normalized spacial score (nSPS) is 22.3. The molecule has 0 saturated carbocycles. The molecule has 7 atom stereocenters. The van der Waals surface area contributed by atoms with Crippen LogP contribution in [-0.4, -0.2) is 126 Å². The standard InChI is InChI=1S/C44H62N14O9/c1-24-38(62)55-33(20-27-23-51-29-14-7-6-13-28(27)29)41(65)54-30(37(46)61)15-8-9-17-49-36(60)21-34(57-39(63)31(53-25(2)59)16-10-18-50-44(47)48)42(66)58-35(22-45)43(67)56-32(40(64)52-24)19-26-11-4-3-5-12-26/h3-7,11-14,23-24,30-35,51H,8-10,15-22,45H2,1-2H3,(H2,46,61)(H,49,60)(H,52,64)(H,53,59)(H,54,65)(H,55,62)(H,56,67)(H,57,63)(H,58,66)(H4,47,48,50)/t24?,30?,31-,32?,33-,34?,35?/m0/s1. The Labute approximate surface area is 386 Å². The van der Waals surface area contributed by atoms with Gasteiger partial charge in [-0.2, -0.15) is 0 Å². The molecule has 3 aromatic rings. The maximum Gasteiger partial charge on any atom is 0.244 e. The number of H-pyrrole nitrogens is 1. The van der Waals surface area contributed by atoms with E-state index in [0.717, 1.165) is 10.9 Å². The Balaban J connectivity index is 1.65. The van der Waals surface area contributed by atoms with E-state index in [1.807, 2.05) is 24.3 Å². The molecule has 2 aromatic carbocycles. The second-order valence-electron chi connectivity index (χ2n) is 16.2. The van der Waals surface area contributed by atoms with Crippen LogP contribution in [0.3, 0.4) is 0 Å². The van der Waals surface area contributed by atoms with Gasteiger partial charge < -0.3 is 70.5 Å². The van der Waals surface area contributed by atoms with Crippen LogP contribution in [0.2, 0.25) is 0 Å². The number of amides is 9. The van der Waals surface area contributed by atoms with E-state index in [4.69, 9.17) is 22.9 Å². The highest BCUT2D eigenvalue weighted by Gasteiger charge is 2.34. The number of nitrogens with two attached hydrogens (primary N) is 4. The number of aromatic amines is 1. The van der Waals surface area contributed by atoms with Crippen LogP contribution in [0.5, 0.6) is 0 Å². The molecule has 5 unspecified atom stereocenters. The van der Waals surface area contributed by atoms with Crippen molar-refractivity contribution in [2.45, 2.75) is 108 Å². The molecule has 1 saturated heterocycles. The zero-order valence-corrected chi connectivity index (χ0v) is 37.5. The Morgan fingerprint density at radius 3 is 2.10 bits per heavy atom. The second-order valence-corrected chi connectivity index (χ2v) is 16.2. The predicted molar refractivity (Wildman–Crippen MR) is 247 cm³/mol. The van der Waals surface area contributed by atoms with Gasteiger partial charge in [0.15, 0.2) is 5.96 Å². The van der Waals surface area contributed by atoms with Crippen molar-refractivity contribution in [2.24, 2.45) is 27.9 Å². The molecule has 1 aliphatic rings. The number of nitrogens with zero attached hydrogens (tertiary/aromatic N) is 1. The number of carbonyl (C=O) groups is 9. The molecule has 0 bridgehead atoms. The van der Waals surface area contributed by atoms with Crippen LogP contribution in [0.15, 0.2) is 65.8 Å². The number of guanidine groups is 1. The fraction of sp³-hybridized carbons (Fsp3) is 0.455. The average Bonchev–Trinajstić information content (AvgIpc) is 3.69. The van der Waals surface area contributed by atoms with Crippen molar-refractivity contribution in [3.05, 3.63) is 71.9 Å². The smallest absolute Gasteiger partial charge is 0.244 e. The molecule has 23 heteroatoms. The summed E-state index contributed by atoms with van der Waals surface area (Å²) in [6, 6.07) is 6.60. The van der Waals surface area contributed by atoms with Gasteiger partial charge in [0.2, 0.25) is 53.2 Å². The predicted octanol–water partition coefficient (Wildman–Crippen LogP) is -3.43. The summed E-state index contributed by atoms with van der Waals surface area (Å²) in [5.74, 6) is -7.31. The molecule has 23 nitrogen and oxygen atoms in total. The topological polar surface area (TPSA) is 382 Å². The summed E-state index contributed by atoms with van der Waals surface area (Å²) in [6.45, 7) is 2.24. The molecule has 9 amide bonds. The zero-order valence-electron chi connectivity index (χ0n) is 37.5. The number of carbonyl (C=O) groups excluding carboxylic acids is 9. The van der Waals surface area contributed by atoms with Crippen LogP contribution in [-0.2, 0) is 56.0 Å². The highest BCUT2D eigenvalue weighted by molar-refractivity contribution is 5.99. The summed E-state index contributed by atoms with van der Waals surface area (Å²) in [7, 11) is 0.